The molecule has 1 saturated carbocycles. The molecule has 1 fully saturated rings. The van der Waals surface area contributed by atoms with Gasteiger partial charge in [0.05, 0.1) is 12.9 Å². The van der Waals surface area contributed by atoms with E-state index in [4.69, 9.17) is 0 Å². The van der Waals surface area contributed by atoms with Crippen LogP contribution in [0.25, 0.3) is 11.1 Å². The Labute approximate surface area is 141 Å². The average Bonchev–Trinajstić information content (AvgIpc) is 3.46. The predicted molar refractivity (Wildman–Crippen MR) is 90.7 cm³/mol. The van der Waals surface area contributed by atoms with Crippen LogP contribution in [-0.4, -0.2) is 32.2 Å². The lowest BCUT2D eigenvalue weighted by molar-refractivity contribution is 0.0589. The standard InChI is InChI=1S/C18H19NO4S/c1-3-24(21,22)16-10-15(11-19-17(16)18(20)23-2)14-8-6-13(7-9-14)12-4-5-12/h6-12H,3-5H2,1-2H3. The van der Waals surface area contributed by atoms with Gasteiger partial charge in [-0.1, -0.05) is 31.2 Å². The molecule has 1 aromatic carbocycles. The molecule has 0 aliphatic heterocycles. The molecule has 1 aliphatic rings. The van der Waals surface area contributed by atoms with Crippen LogP contribution in [0.2, 0.25) is 0 Å². The Morgan fingerprint density at radius 2 is 1.88 bits per heavy atom. The van der Waals surface area contributed by atoms with Crippen molar-refractivity contribution in [2.24, 2.45) is 0 Å². The van der Waals surface area contributed by atoms with Crippen molar-refractivity contribution in [3.05, 3.63) is 47.8 Å². The first-order valence-corrected chi connectivity index (χ1v) is 9.53. The number of aromatic nitrogens is 1. The summed E-state index contributed by atoms with van der Waals surface area (Å²) in [7, 11) is -2.38. The Kier molecular flexibility index (Phi) is 4.41. The number of sulfone groups is 1. The average molecular weight is 345 g/mol. The van der Waals surface area contributed by atoms with Crippen LogP contribution in [0.15, 0.2) is 41.4 Å². The van der Waals surface area contributed by atoms with E-state index in [9.17, 15) is 13.2 Å². The molecule has 1 heterocycles. The number of ether oxygens (including phenoxy) is 1. The quantitative estimate of drug-likeness (QED) is 0.778. The molecular formula is C18H19NO4S. The molecule has 0 radical (unpaired) electrons. The summed E-state index contributed by atoms with van der Waals surface area (Å²) in [6.07, 6.45) is 3.97. The maximum atomic E-state index is 12.3. The largest absolute Gasteiger partial charge is 0.464 e. The molecule has 0 atom stereocenters. The highest BCUT2D eigenvalue weighted by Crippen LogP contribution is 2.40. The second-order valence-corrected chi connectivity index (χ2v) is 8.11. The number of esters is 1. The summed E-state index contributed by atoms with van der Waals surface area (Å²) < 4.78 is 29.3. The summed E-state index contributed by atoms with van der Waals surface area (Å²) in [6.45, 7) is 1.54. The molecule has 1 aliphatic carbocycles. The maximum Gasteiger partial charge on any atom is 0.358 e. The molecule has 24 heavy (non-hydrogen) atoms. The van der Waals surface area contributed by atoms with E-state index in [1.807, 2.05) is 12.1 Å². The predicted octanol–water partition coefficient (Wildman–Crippen LogP) is 3.21. The fraction of sp³-hybridized carbons (Fsp3) is 0.333. The van der Waals surface area contributed by atoms with Gasteiger partial charge in [-0.15, -0.1) is 0 Å². The SMILES string of the molecule is CCS(=O)(=O)c1cc(-c2ccc(C3CC3)cc2)cnc1C(=O)OC. The number of hydrogen-bond acceptors (Lipinski definition) is 5. The zero-order valence-electron chi connectivity index (χ0n) is 13.7. The second-order valence-electron chi connectivity index (χ2n) is 5.86. The van der Waals surface area contributed by atoms with Crippen molar-refractivity contribution in [1.82, 2.24) is 4.98 Å². The normalized spacial score (nSPS) is 14.4. The molecule has 2 aromatic rings. The van der Waals surface area contributed by atoms with Crippen LogP contribution in [0.3, 0.4) is 0 Å². The summed E-state index contributed by atoms with van der Waals surface area (Å²) in [6, 6.07) is 9.56. The Morgan fingerprint density at radius 1 is 1.21 bits per heavy atom. The van der Waals surface area contributed by atoms with Gasteiger partial charge in [-0.05, 0) is 36.0 Å². The van der Waals surface area contributed by atoms with Crippen molar-refractivity contribution < 1.29 is 17.9 Å². The summed E-state index contributed by atoms with van der Waals surface area (Å²) in [5.74, 6) is -0.199. The highest BCUT2D eigenvalue weighted by atomic mass is 32.2. The fourth-order valence-electron chi connectivity index (χ4n) is 2.61. The summed E-state index contributed by atoms with van der Waals surface area (Å²) in [5, 5.41) is 0. The summed E-state index contributed by atoms with van der Waals surface area (Å²) in [4.78, 5) is 15.8. The molecule has 0 unspecified atom stereocenters. The zero-order chi connectivity index (χ0) is 17.3. The van der Waals surface area contributed by atoms with E-state index in [2.05, 4.69) is 21.9 Å². The molecule has 0 bridgehead atoms. The van der Waals surface area contributed by atoms with Crippen LogP contribution in [0.1, 0.15) is 41.7 Å². The van der Waals surface area contributed by atoms with E-state index in [-0.39, 0.29) is 16.3 Å². The van der Waals surface area contributed by atoms with Crippen LogP contribution in [0.5, 0.6) is 0 Å². The van der Waals surface area contributed by atoms with E-state index in [0.29, 0.717) is 11.5 Å². The van der Waals surface area contributed by atoms with Gasteiger partial charge in [-0.2, -0.15) is 0 Å². The van der Waals surface area contributed by atoms with Crippen molar-refractivity contribution in [3.8, 4) is 11.1 Å². The zero-order valence-corrected chi connectivity index (χ0v) is 14.5. The summed E-state index contributed by atoms with van der Waals surface area (Å²) >= 11 is 0. The van der Waals surface area contributed by atoms with Crippen LogP contribution in [0.4, 0.5) is 0 Å². The minimum Gasteiger partial charge on any atom is -0.464 e. The smallest absolute Gasteiger partial charge is 0.358 e. The first kappa shape index (κ1) is 16.6. The fourth-order valence-corrected chi connectivity index (χ4v) is 3.66. The van der Waals surface area contributed by atoms with Gasteiger partial charge in [0, 0.05) is 11.8 Å². The van der Waals surface area contributed by atoms with Crippen LogP contribution < -0.4 is 0 Å². The van der Waals surface area contributed by atoms with E-state index in [0.717, 1.165) is 5.56 Å². The number of rotatable bonds is 5. The van der Waals surface area contributed by atoms with Crippen molar-refractivity contribution in [2.45, 2.75) is 30.6 Å². The highest BCUT2D eigenvalue weighted by molar-refractivity contribution is 7.91. The third kappa shape index (κ3) is 3.19. The van der Waals surface area contributed by atoms with Crippen molar-refractivity contribution in [3.63, 3.8) is 0 Å². The molecule has 0 saturated heterocycles. The first-order chi connectivity index (χ1) is 11.5. The number of carbonyl (C=O) groups is 1. The molecule has 6 heteroatoms. The number of benzene rings is 1. The van der Waals surface area contributed by atoms with Crippen LogP contribution in [0, 0.1) is 0 Å². The lowest BCUT2D eigenvalue weighted by Gasteiger charge is -2.10. The molecule has 126 valence electrons. The van der Waals surface area contributed by atoms with E-state index >= 15 is 0 Å². The molecule has 1 aromatic heterocycles. The molecule has 0 spiro atoms. The van der Waals surface area contributed by atoms with Gasteiger partial charge in [-0.3, -0.25) is 0 Å². The van der Waals surface area contributed by atoms with E-state index in [1.54, 1.807) is 0 Å². The lowest BCUT2D eigenvalue weighted by atomic mass is 10.0. The topological polar surface area (TPSA) is 73.3 Å². The van der Waals surface area contributed by atoms with Crippen molar-refractivity contribution in [1.29, 1.82) is 0 Å². The minimum atomic E-state index is -3.59. The Balaban J connectivity index is 2.06. The Hall–Kier alpha value is -2.21. The van der Waals surface area contributed by atoms with Gasteiger partial charge in [0.2, 0.25) is 0 Å². The van der Waals surface area contributed by atoms with Gasteiger partial charge >= 0.3 is 5.97 Å². The van der Waals surface area contributed by atoms with Gasteiger partial charge in [-0.25, -0.2) is 18.2 Å². The Morgan fingerprint density at radius 3 is 2.42 bits per heavy atom. The molecular weight excluding hydrogens is 326 g/mol. The van der Waals surface area contributed by atoms with Crippen molar-refractivity contribution in [2.75, 3.05) is 12.9 Å². The number of pyridine rings is 1. The molecule has 5 nitrogen and oxygen atoms in total. The molecule has 0 N–H and O–H groups in total. The monoisotopic (exact) mass is 345 g/mol. The van der Waals surface area contributed by atoms with Gasteiger partial charge in [0.25, 0.3) is 0 Å². The number of methoxy groups -OCH3 is 1. The number of nitrogens with zero attached hydrogens (tertiary/aromatic N) is 1. The Bertz CT molecular complexity index is 868. The second kappa shape index (κ2) is 6.36. The minimum absolute atomic E-state index is 0.0828. The van der Waals surface area contributed by atoms with Crippen molar-refractivity contribution >= 4 is 15.8 Å². The third-order valence-electron chi connectivity index (χ3n) is 4.24. The lowest BCUT2D eigenvalue weighted by Crippen LogP contribution is -2.14. The maximum absolute atomic E-state index is 12.3. The molecule has 3 rings (SSSR count). The first-order valence-electron chi connectivity index (χ1n) is 7.87. The van der Waals surface area contributed by atoms with Gasteiger partial charge in [0.15, 0.2) is 15.5 Å². The van der Waals surface area contributed by atoms with Gasteiger partial charge < -0.3 is 4.74 Å². The van der Waals surface area contributed by atoms with E-state index in [1.165, 1.54) is 44.7 Å². The molecule has 0 amide bonds. The van der Waals surface area contributed by atoms with Crippen LogP contribution in [-0.2, 0) is 14.6 Å². The van der Waals surface area contributed by atoms with Gasteiger partial charge in [0.1, 0.15) is 4.90 Å². The third-order valence-corrected chi connectivity index (χ3v) is 5.98. The highest BCUT2D eigenvalue weighted by Gasteiger charge is 2.25. The number of carbonyl (C=O) groups excluding carboxylic acids is 1. The van der Waals surface area contributed by atoms with Crippen LogP contribution >= 0.6 is 0 Å². The van der Waals surface area contributed by atoms with E-state index < -0.39 is 15.8 Å². The number of hydrogen-bond donors (Lipinski definition) is 0. The summed E-state index contributed by atoms with van der Waals surface area (Å²) in [5.41, 5.74) is 2.67.